The molecule has 2 N–H and O–H groups in total. The lowest BCUT2D eigenvalue weighted by molar-refractivity contribution is -0.190. The number of nitrogens with one attached hydrogen (secondary N) is 2. The van der Waals surface area contributed by atoms with Gasteiger partial charge in [-0.3, -0.25) is 20.3 Å². The Morgan fingerprint density at radius 2 is 1.94 bits per heavy atom. The SMILES string of the molecule is C=CC(=O)N1CCN(C2(C3CCCCCCC3)NC(OCC3CCCN3C)NC3C[C@]4(CCC32)Cc2cc(Cl)ccc2O4)CC1CC#N. The minimum Gasteiger partial charge on any atom is -0.487 e. The number of carbonyl (C=O) groups is 1. The maximum atomic E-state index is 13.0. The summed E-state index contributed by atoms with van der Waals surface area (Å²) in [5, 5.41) is 18.9. The zero-order valence-electron chi connectivity index (χ0n) is 28.8. The summed E-state index contributed by atoms with van der Waals surface area (Å²) in [7, 11) is 2.21. The molecule has 6 unspecified atom stereocenters. The van der Waals surface area contributed by atoms with Crippen molar-refractivity contribution in [3.63, 3.8) is 0 Å². The number of hydrogen-bond donors (Lipinski definition) is 2. The number of halogens is 1. The van der Waals surface area contributed by atoms with Gasteiger partial charge in [0.05, 0.1) is 30.8 Å². The van der Waals surface area contributed by atoms with Crippen LogP contribution in [0.3, 0.4) is 0 Å². The molecule has 7 rings (SSSR count). The first kappa shape index (κ1) is 34.3. The van der Waals surface area contributed by atoms with Gasteiger partial charge in [-0.2, -0.15) is 5.26 Å². The Morgan fingerprint density at radius 3 is 2.69 bits per heavy atom. The molecule has 4 aliphatic heterocycles. The molecular weight excluding hydrogens is 624 g/mol. The molecule has 6 aliphatic rings. The van der Waals surface area contributed by atoms with Gasteiger partial charge < -0.3 is 19.3 Å². The molecule has 5 fully saturated rings. The molecule has 2 aliphatic carbocycles. The van der Waals surface area contributed by atoms with Crippen LogP contribution in [0, 0.1) is 23.2 Å². The zero-order chi connectivity index (χ0) is 33.3. The van der Waals surface area contributed by atoms with Crippen LogP contribution in [-0.4, -0.2) is 96.2 Å². The summed E-state index contributed by atoms with van der Waals surface area (Å²) in [6, 6.07) is 8.89. The van der Waals surface area contributed by atoms with Crippen molar-refractivity contribution in [3.8, 4) is 11.8 Å². The summed E-state index contributed by atoms with van der Waals surface area (Å²) >= 11 is 6.44. The predicted molar refractivity (Wildman–Crippen MR) is 187 cm³/mol. The van der Waals surface area contributed by atoms with Crippen molar-refractivity contribution in [1.29, 1.82) is 5.26 Å². The number of nitrogens with zero attached hydrogens (tertiary/aromatic N) is 4. The molecule has 0 bridgehead atoms. The monoisotopic (exact) mass is 678 g/mol. The third-order valence-corrected chi connectivity index (χ3v) is 13.0. The predicted octanol–water partition coefficient (Wildman–Crippen LogP) is 5.44. The standard InChI is InChI=1S/C38H55ClN6O3/c1-3-35(46)45-21-20-44(25-30(45)16-18-40)38(28-10-7-5-4-6-8-11-28)32-15-17-37(23-27-22-29(39)13-14-34(27)48-37)24-33(32)41-36(42-38)47-26-31-12-9-19-43(31)2/h3,13-14,22,28,30-33,36,41-42H,1,4-12,15-17,19-21,23-26H2,2H3/t30?,31?,32?,33?,36?,37-,38?/m0/s1. The highest BCUT2D eigenvalue weighted by molar-refractivity contribution is 6.30. The van der Waals surface area contributed by atoms with E-state index >= 15 is 0 Å². The maximum Gasteiger partial charge on any atom is 0.246 e. The van der Waals surface area contributed by atoms with Crippen LogP contribution in [0.2, 0.25) is 5.02 Å². The quantitative estimate of drug-likeness (QED) is 0.369. The van der Waals surface area contributed by atoms with Crippen molar-refractivity contribution >= 4 is 17.5 Å². The van der Waals surface area contributed by atoms with Gasteiger partial charge in [-0.25, -0.2) is 0 Å². The number of ether oxygens (including phenoxy) is 2. The summed E-state index contributed by atoms with van der Waals surface area (Å²) in [6.45, 7) is 7.61. The van der Waals surface area contributed by atoms with Gasteiger partial charge in [0.2, 0.25) is 5.91 Å². The van der Waals surface area contributed by atoms with E-state index in [0.717, 1.165) is 56.0 Å². The minimum absolute atomic E-state index is 0.0781. The Bertz CT molecular complexity index is 1360. The number of nitriles is 1. The lowest BCUT2D eigenvalue weighted by Crippen LogP contribution is -2.82. The molecule has 10 heteroatoms. The maximum absolute atomic E-state index is 13.0. The van der Waals surface area contributed by atoms with Gasteiger partial charge in [0.25, 0.3) is 0 Å². The first-order valence-corrected chi connectivity index (χ1v) is 19.1. The van der Waals surface area contributed by atoms with E-state index in [9.17, 15) is 10.1 Å². The van der Waals surface area contributed by atoms with Crippen LogP contribution in [0.25, 0.3) is 0 Å². The second kappa shape index (κ2) is 14.6. The smallest absolute Gasteiger partial charge is 0.246 e. The van der Waals surface area contributed by atoms with Crippen LogP contribution in [0.15, 0.2) is 30.9 Å². The van der Waals surface area contributed by atoms with E-state index in [1.807, 2.05) is 17.0 Å². The first-order chi connectivity index (χ1) is 23.3. The molecule has 1 aromatic rings. The zero-order valence-corrected chi connectivity index (χ0v) is 29.6. The van der Waals surface area contributed by atoms with Gasteiger partial charge in [-0.05, 0) is 87.9 Å². The third kappa shape index (κ3) is 6.66. The number of amides is 1. The lowest BCUT2D eigenvalue weighted by Gasteiger charge is -2.64. The average Bonchev–Trinajstić information content (AvgIpc) is 3.64. The molecule has 1 aromatic carbocycles. The molecule has 2 saturated carbocycles. The molecule has 7 atom stereocenters. The van der Waals surface area contributed by atoms with E-state index in [-0.39, 0.29) is 35.6 Å². The van der Waals surface area contributed by atoms with Gasteiger partial charge in [0.15, 0.2) is 6.35 Å². The summed E-state index contributed by atoms with van der Waals surface area (Å²) in [5.74, 6) is 1.65. The minimum atomic E-state index is -0.326. The molecule has 9 nitrogen and oxygen atoms in total. The molecular formula is C38H55ClN6O3. The average molecular weight is 679 g/mol. The number of hydrogen-bond acceptors (Lipinski definition) is 8. The fourth-order valence-electron chi connectivity index (χ4n) is 10.4. The summed E-state index contributed by atoms with van der Waals surface area (Å²) in [6.07, 6.45) is 16.3. The highest BCUT2D eigenvalue weighted by Crippen LogP contribution is 2.52. The van der Waals surface area contributed by atoms with E-state index in [0.29, 0.717) is 44.0 Å². The Labute approximate surface area is 292 Å². The number of carbonyl (C=O) groups excluding carboxylic acids is 1. The number of piperazine rings is 1. The molecule has 1 amide bonds. The normalized spacial score (nSPS) is 36.4. The summed E-state index contributed by atoms with van der Waals surface area (Å²) < 4.78 is 13.7. The molecule has 262 valence electrons. The largest absolute Gasteiger partial charge is 0.487 e. The van der Waals surface area contributed by atoms with Crippen LogP contribution in [0.4, 0.5) is 0 Å². The van der Waals surface area contributed by atoms with Crippen LogP contribution in [-0.2, 0) is 16.0 Å². The van der Waals surface area contributed by atoms with Crippen molar-refractivity contribution in [1.82, 2.24) is 25.3 Å². The van der Waals surface area contributed by atoms with Gasteiger partial charge in [0.1, 0.15) is 11.4 Å². The van der Waals surface area contributed by atoms with Gasteiger partial charge in [0, 0.05) is 55.5 Å². The van der Waals surface area contributed by atoms with Crippen LogP contribution < -0.4 is 15.4 Å². The Morgan fingerprint density at radius 1 is 1.12 bits per heavy atom. The van der Waals surface area contributed by atoms with E-state index < -0.39 is 0 Å². The fraction of sp³-hybridized carbons (Fsp3) is 0.737. The van der Waals surface area contributed by atoms with Crippen molar-refractivity contribution in [2.75, 3.05) is 39.8 Å². The van der Waals surface area contributed by atoms with Gasteiger partial charge in [-0.1, -0.05) is 50.3 Å². The Hall–Kier alpha value is -2.19. The van der Waals surface area contributed by atoms with Crippen LogP contribution in [0.5, 0.6) is 5.75 Å². The van der Waals surface area contributed by atoms with Crippen LogP contribution >= 0.6 is 11.6 Å². The first-order valence-electron chi connectivity index (χ1n) is 18.7. The molecule has 0 radical (unpaired) electrons. The Balaban J connectivity index is 1.24. The van der Waals surface area contributed by atoms with E-state index in [1.165, 1.54) is 63.0 Å². The molecule has 4 heterocycles. The Kier molecular flexibility index (Phi) is 10.4. The highest BCUT2D eigenvalue weighted by atomic mass is 35.5. The molecule has 0 aromatic heterocycles. The number of rotatable bonds is 7. The second-order valence-corrected chi connectivity index (χ2v) is 16.0. The van der Waals surface area contributed by atoms with E-state index in [4.69, 9.17) is 21.1 Å². The van der Waals surface area contributed by atoms with Crippen molar-refractivity contribution in [2.24, 2.45) is 11.8 Å². The molecule has 1 spiro atoms. The van der Waals surface area contributed by atoms with E-state index in [2.05, 4.69) is 46.2 Å². The number of likely N-dealkylation sites (tertiary alicyclic amines) is 1. The third-order valence-electron chi connectivity index (χ3n) is 12.8. The van der Waals surface area contributed by atoms with Crippen molar-refractivity contribution in [3.05, 3.63) is 41.4 Å². The van der Waals surface area contributed by atoms with Crippen molar-refractivity contribution in [2.45, 2.75) is 126 Å². The fourth-order valence-corrected chi connectivity index (χ4v) is 10.6. The van der Waals surface area contributed by atoms with Gasteiger partial charge in [-0.15, -0.1) is 0 Å². The van der Waals surface area contributed by atoms with Crippen molar-refractivity contribution < 1.29 is 14.3 Å². The van der Waals surface area contributed by atoms with E-state index in [1.54, 1.807) is 0 Å². The van der Waals surface area contributed by atoms with Gasteiger partial charge >= 0.3 is 0 Å². The lowest BCUT2D eigenvalue weighted by atomic mass is 9.62. The number of fused-ring (bicyclic) bond motifs is 2. The summed E-state index contributed by atoms with van der Waals surface area (Å²) in [4.78, 5) is 20.0. The number of likely N-dealkylation sites (N-methyl/N-ethyl adjacent to an activating group) is 1. The summed E-state index contributed by atoms with van der Waals surface area (Å²) in [5.41, 5.74) is 0.618. The molecule has 48 heavy (non-hydrogen) atoms. The van der Waals surface area contributed by atoms with Crippen LogP contribution in [0.1, 0.15) is 89.0 Å². The molecule has 3 saturated heterocycles. The number of benzene rings is 1. The highest BCUT2D eigenvalue weighted by Gasteiger charge is 2.61. The second-order valence-electron chi connectivity index (χ2n) is 15.5. The topological polar surface area (TPSA) is 93.1 Å².